The SMILES string of the molecule is O=C(O)CCCN1C(=O)C2C3CC(C2C1=O)C1C3Sc2[nH]c(=O)sc2[C@@H]1c1cc(Br)ccc1OCC(=O)N1CCOCC1. The van der Waals surface area contributed by atoms with Crippen LogP contribution in [-0.2, 0) is 23.9 Å². The summed E-state index contributed by atoms with van der Waals surface area (Å²) in [4.78, 5) is 70.6. The molecule has 2 aliphatic carbocycles. The van der Waals surface area contributed by atoms with Crippen molar-refractivity contribution in [3.8, 4) is 5.75 Å². The van der Waals surface area contributed by atoms with Gasteiger partial charge in [0.25, 0.3) is 5.91 Å². The van der Waals surface area contributed by atoms with Crippen molar-refractivity contribution in [3.05, 3.63) is 42.8 Å². The first-order chi connectivity index (χ1) is 20.7. The van der Waals surface area contributed by atoms with Crippen LogP contribution in [0.1, 0.15) is 35.6 Å². The Balaban J connectivity index is 1.22. The molecule has 0 spiro atoms. The molecule has 11 nitrogen and oxygen atoms in total. The van der Waals surface area contributed by atoms with Crippen LogP contribution in [0.3, 0.4) is 0 Å². The third-order valence-electron chi connectivity index (χ3n) is 9.61. The predicted octanol–water partition coefficient (Wildman–Crippen LogP) is 2.77. The van der Waals surface area contributed by atoms with E-state index >= 15 is 0 Å². The van der Waals surface area contributed by atoms with Crippen molar-refractivity contribution >= 4 is 62.7 Å². The van der Waals surface area contributed by atoms with E-state index in [1.165, 1.54) is 4.90 Å². The normalized spacial score (nSPS) is 30.8. The van der Waals surface area contributed by atoms with Gasteiger partial charge in [-0.2, -0.15) is 0 Å². The van der Waals surface area contributed by atoms with E-state index in [0.717, 1.165) is 37.7 Å². The van der Waals surface area contributed by atoms with Gasteiger partial charge < -0.3 is 24.5 Å². The summed E-state index contributed by atoms with van der Waals surface area (Å²) in [5.74, 6) is -2.22. The van der Waals surface area contributed by atoms with E-state index in [1.54, 1.807) is 16.7 Å². The van der Waals surface area contributed by atoms with Crippen LogP contribution in [0.15, 0.2) is 32.5 Å². The van der Waals surface area contributed by atoms with Gasteiger partial charge in [-0.3, -0.25) is 28.9 Å². The van der Waals surface area contributed by atoms with E-state index in [1.807, 2.05) is 18.2 Å². The van der Waals surface area contributed by atoms with E-state index in [0.29, 0.717) is 32.1 Å². The van der Waals surface area contributed by atoms with Crippen LogP contribution in [0.5, 0.6) is 5.75 Å². The van der Waals surface area contributed by atoms with Crippen LogP contribution >= 0.6 is 39.0 Å². The Morgan fingerprint density at radius 1 is 1.12 bits per heavy atom. The highest BCUT2D eigenvalue weighted by molar-refractivity contribution is 9.10. The van der Waals surface area contributed by atoms with Crippen molar-refractivity contribution in [1.29, 1.82) is 0 Å². The number of nitrogens with zero attached hydrogens (tertiary/aromatic N) is 2. The lowest BCUT2D eigenvalue weighted by molar-refractivity contribution is -0.142. The fourth-order valence-electron chi connectivity index (χ4n) is 7.97. The molecule has 2 aromatic rings. The number of carboxylic acid groups (broad SMARTS) is 1. The zero-order valence-electron chi connectivity index (χ0n) is 23.0. The van der Waals surface area contributed by atoms with Crippen LogP contribution in [0.25, 0.3) is 0 Å². The van der Waals surface area contributed by atoms with Gasteiger partial charge in [0.1, 0.15) is 5.75 Å². The highest BCUT2D eigenvalue weighted by Gasteiger charge is 2.69. The molecule has 0 radical (unpaired) electrons. The topological polar surface area (TPSA) is 146 Å². The number of benzene rings is 1. The van der Waals surface area contributed by atoms with Crippen LogP contribution < -0.4 is 9.61 Å². The van der Waals surface area contributed by atoms with E-state index in [4.69, 9.17) is 14.6 Å². The summed E-state index contributed by atoms with van der Waals surface area (Å²) >= 11 is 6.37. The number of aromatic nitrogens is 1. The average molecular weight is 693 g/mol. The second kappa shape index (κ2) is 11.4. The van der Waals surface area contributed by atoms with Gasteiger partial charge in [0, 0.05) is 52.1 Å². The van der Waals surface area contributed by atoms with E-state index < -0.39 is 17.8 Å². The smallest absolute Gasteiger partial charge is 0.305 e. The molecule has 14 heteroatoms. The third-order valence-corrected chi connectivity index (χ3v) is 12.7. The summed E-state index contributed by atoms with van der Waals surface area (Å²) in [6.45, 7) is 2.02. The molecule has 3 aliphatic heterocycles. The molecule has 228 valence electrons. The van der Waals surface area contributed by atoms with Crippen molar-refractivity contribution in [2.45, 2.75) is 35.5 Å². The Morgan fingerprint density at radius 3 is 2.60 bits per heavy atom. The number of amides is 3. The van der Waals surface area contributed by atoms with Crippen molar-refractivity contribution < 1.29 is 33.8 Å². The van der Waals surface area contributed by atoms with Gasteiger partial charge in [-0.25, -0.2) is 0 Å². The fourth-order valence-corrected chi connectivity index (χ4v) is 11.2. The third kappa shape index (κ3) is 4.94. The molecule has 4 heterocycles. The van der Waals surface area contributed by atoms with E-state index in [-0.39, 0.29) is 77.5 Å². The Hall–Kier alpha value is -2.68. The lowest BCUT2D eigenvalue weighted by Crippen LogP contribution is -2.43. The number of halogens is 1. The van der Waals surface area contributed by atoms with Crippen molar-refractivity contribution in [1.82, 2.24) is 14.8 Å². The molecule has 2 N–H and O–H groups in total. The summed E-state index contributed by atoms with van der Waals surface area (Å²) in [6.07, 6.45) is 0.870. The summed E-state index contributed by atoms with van der Waals surface area (Å²) < 4.78 is 12.4. The quantitative estimate of drug-likeness (QED) is 0.399. The fraction of sp³-hybridized carbons (Fsp3) is 0.552. The van der Waals surface area contributed by atoms with Gasteiger partial charge >= 0.3 is 10.8 Å². The molecule has 1 aromatic carbocycles. The van der Waals surface area contributed by atoms with Crippen LogP contribution in [0, 0.1) is 29.6 Å². The summed E-state index contributed by atoms with van der Waals surface area (Å²) in [5, 5.41) is 9.85. The van der Waals surface area contributed by atoms with Crippen LogP contribution in [0.4, 0.5) is 0 Å². The predicted molar refractivity (Wildman–Crippen MR) is 159 cm³/mol. The van der Waals surface area contributed by atoms with Crippen LogP contribution in [0.2, 0.25) is 0 Å². The van der Waals surface area contributed by atoms with Crippen molar-refractivity contribution in [3.63, 3.8) is 0 Å². The standard InChI is InChI=1S/C29H30BrN3O8S2/c30-13-3-4-17(41-12-18(34)32-6-8-40-9-7-32)14(10-13)20-21-15-11-16(24(21)42-26-25(20)43-29(39)31-26)23-22(15)27(37)33(28(23)38)5-1-2-19(35)36/h3-4,10,15-16,20-24H,1-2,5-9,11-12H2,(H,31,39)(H,35,36)/t15?,16?,20-,21?,22?,23?,24?/m1/s1. The average Bonchev–Trinajstić information content (AvgIpc) is 3.72. The first-order valence-corrected chi connectivity index (χ1v) is 17.0. The molecule has 7 atom stereocenters. The number of fused-ring (bicyclic) bond motifs is 9. The molecule has 6 unspecified atom stereocenters. The van der Waals surface area contributed by atoms with Gasteiger partial charge in [0.05, 0.1) is 30.1 Å². The van der Waals surface area contributed by atoms with Gasteiger partial charge in [0.15, 0.2) is 6.61 Å². The van der Waals surface area contributed by atoms with Gasteiger partial charge in [0.2, 0.25) is 11.8 Å². The Morgan fingerprint density at radius 2 is 1.86 bits per heavy atom. The maximum absolute atomic E-state index is 13.7. The van der Waals surface area contributed by atoms with Gasteiger partial charge in [-0.05, 0) is 48.8 Å². The largest absolute Gasteiger partial charge is 0.483 e. The minimum atomic E-state index is -0.955. The number of carbonyl (C=O) groups excluding carboxylic acids is 3. The number of likely N-dealkylation sites (tertiary alicyclic amines) is 1. The number of rotatable bonds is 8. The zero-order valence-corrected chi connectivity index (χ0v) is 26.3. The lowest BCUT2D eigenvalue weighted by Gasteiger charge is -2.43. The van der Waals surface area contributed by atoms with E-state index in [2.05, 4.69) is 20.9 Å². The highest BCUT2D eigenvalue weighted by Crippen LogP contribution is 2.69. The Labute approximate surface area is 263 Å². The maximum atomic E-state index is 13.7. The molecule has 2 saturated heterocycles. The number of H-pyrrole nitrogens is 1. The molecule has 7 rings (SSSR count). The number of nitrogens with one attached hydrogen (secondary N) is 1. The molecule has 2 bridgehead atoms. The summed E-state index contributed by atoms with van der Waals surface area (Å²) in [5.41, 5.74) is 0.843. The highest BCUT2D eigenvalue weighted by atomic mass is 79.9. The van der Waals surface area contributed by atoms with Gasteiger partial charge in [-0.1, -0.05) is 27.3 Å². The molecule has 5 aliphatic rings. The summed E-state index contributed by atoms with van der Waals surface area (Å²) in [6, 6.07) is 5.67. The monoisotopic (exact) mass is 691 g/mol. The molecule has 1 aromatic heterocycles. The first-order valence-electron chi connectivity index (χ1n) is 14.5. The number of hydrogen-bond acceptors (Lipinski definition) is 9. The zero-order chi connectivity index (χ0) is 30.0. The number of hydrogen-bond donors (Lipinski definition) is 2. The second-order valence-corrected chi connectivity index (χ2v) is 14.9. The Kier molecular flexibility index (Phi) is 7.67. The second-order valence-electron chi connectivity index (χ2n) is 11.7. The number of aromatic amines is 1. The van der Waals surface area contributed by atoms with Crippen LogP contribution in [-0.4, -0.2) is 88.3 Å². The number of ether oxygens (including phenoxy) is 2. The molecule has 3 amide bonds. The minimum Gasteiger partial charge on any atom is -0.483 e. The molecular weight excluding hydrogens is 662 g/mol. The number of imide groups is 1. The molecule has 43 heavy (non-hydrogen) atoms. The number of carbonyl (C=O) groups is 4. The molecule has 4 fully saturated rings. The molecule has 2 saturated carbocycles. The van der Waals surface area contributed by atoms with Crippen molar-refractivity contribution in [2.24, 2.45) is 29.6 Å². The number of thioether (sulfide) groups is 1. The summed E-state index contributed by atoms with van der Waals surface area (Å²) in [7, 11) is 0. The number of morpholine rings is 1. The molecular formula is C29H30BrN3O8S2. The lowest BCUT2D eigenvalue weighted by atomic mass is 9.68. The van der Waals surface area contributed by atoms with Gasteiger partial charge in [-0.15, -0.1) is 11.8 Å². The number of thiazole rings is 1. The number of aliphatic carboxylic acids is 1. The number of carboxylic acids is 1. The first kappa shape index (κ1) is 29.1. The maximum Gasteiger partial charge on any atom is 0.305 e. The van der Waals surface area contributed by atoms with Crippen molar-refractivity contribution in [2.75, 3.05) is 39.5 Å². The minimum absolute atomic E-state index is 0.00605. The Bertz CT molecular complexity index is 1550. The van der Waals surface area contributed by atoms with E-state index in [9.17, 15) is 24.0 Å².